The molecule has 3 heteroatoms. The fraction of sp³-hybridized carbons (Fsp3) is 0. The first-order valence-electron chi connectivity index (χ1n) is 3.83. The maximum Gasteiger partial charge on any atom is 0.115 e. The molecular weight excluding hydrogens is 164 g/mol. The van der Waals surface area contributed by atoms with E-state index in [1.54, 1.807) is 49.1 Å². The van der Waals surface area contributed by atoms with Gasteiger partial charge in [-0.3, -0.25) is 9.97 Å². The van der Waals surface area contributed by atoms with Gasteiger partial charge in [-0.1, -0.05) is 18.2 Å². The minimum Gasteiger partial charge on any atom is -0.508 e. The number of hydrogen-bond acceptors (Lipinski definition) is 3. The summed E-state index contributed by atoms with van der Waals surface area (Å²) in [4.78, 5) is 7.44. The second-order valence-corrected chi connectivity index (χ2v) is 2.23. The highest BCUT2D eigenvalue weighted by Crippen LogP contribution is 2.02. The van der Waals surface area contributed by atoms with Crippen LogP contribution < -0.4 is 0 Å². The van der Waals surface area contributed by atoms with Gasteiger partial charge in [-0.15, -0.1) is 0 Å². The number of para-hydroxylation sites is 1. The van der Waals surface area contributed by atoms with E-state index in [0.29, 0.717) is 5.75 Å². The van der Waals surface area contributed by atoms with Gasteiger partial charge in [0, 0.05) is 24.8 Å². The molecule has 0 saturated carbocycles. The average Bonchev–Trinajstić information content (AvgIpc) is 2.22. The lowest BCUT2D eigenvalue weighted by atomic mass is 10.3. The van der Waals surface area contributed by atoms with Gasteiger partial charge in [-0.05, 0) is 12.1 Å². The monoisotopic (exact) mass is 174 g/mol. The highest BCUT2D eigenvalue weighted by Gasteiger charge is 1.74. The minimum absolute atomic E-state index is 0.322. The van der Waals surface area contributed by atoms with Gasteiger partial charge >= 0.3 is 0 Å². The predicted octanol–water partition coefficient (Wildman–Crippen LogP) is 1.87. The zero-order chi connectivity index (χ0) is 9.36. The molecule has 1 heterocycles. The van der Waals surface area contributed by atoms with E-state index in [9.17, 15) is 0 Å². The van der Waals surface area contributed by atoms with E-state index in [2.05, 4.69) is 9.97 Å². The molecule has 0 radical (unpaired) electrons. The predicted molar refractivity (Wildman–Crippen MR) is 50.1 cm³/mol. The van der Waals surface area contributed by atoms with Crippen LogP contribution in [0.25, 0.3) is 0 Å². The average molecular weight is 174 g/mol. The van der Waals surface area contributed by atoms with Crippen molar-refractivity contribution in [2.75, 3.05) is 0 Å². The molecule has 0 atom stereocenters. The summed E-state index contributed by atoms with van der Waals surface area (Å²) in [5, 5.41) is 8.63. The smallest absolute Gasteiger partial charge is 0.115 e. The van der Waals surface area contributed by atoms with Crippen molar-refractivity contribution in [3.05, 3.63) is 55.1 Å². The summed E-state index contributed by atoms with van der Waals surface area (Å²) in [6.07, 6.45) is 6.56. The van der Waals surface area contributed by atoms with Crippen molar-refractivity contribution in [3.8, 4) is 5.75 Å². The molecule has 0 fully saturated rings. The number of aromatic nitrogens is 2. The summed E-state index contributed by atoms with van der Waals surface area (Å²) in [5.74, 6) is 0.322. The van der Waals surface area contributed by atoms with Crippen LogP contribution in [0.1, 0.15) is 0 Å². The maximum absolute atomic E-state index is 8.63. The van der Waals surface area contributed by atoms with Crippen molar-refractivity contribution in [2.24, 2.45) is 0 Å². The summed E-state index contributed by atoms with van der Waals surface area (Å²) in [6, 6.07) is 8.71. The van der Waals surface area contributed by atoms with E-state index in [-0.39, 0.29) is 0 Å². The lowest BCUT2D eigenvalue weighted by Crippen LogP contribution is -1.66. The third-order valence-electron chi connectivity index (χ3n) is 1.23. The summed E-state index contributed by atoms with van der Waals surface area (Å²) >= 11 is 0. The minimum atomic E-state index is 0.322. The van der Waals surface area contributed by atoms with E-state index in [1.165, 1.54) is 0 Å². The molecule has 0 aliphatic heterocycles. The van der Waals surface area contributed by atoms with Gasteiger partial charge in [0.15, 0.2) is 0 Å². The standard InChI is InChI=1S/C6H6O.C4H4N2/c7-6-4-2-1-3-5-6;1-2-6-4-3-5-1/h1-5,7H;1-4H. The number of aromatic hydroxyl groups is 1. The van der Waals surface area contributed by atoms with Crippen molar-refractivity contribution in [1.29, 1.82) is 0 Å². The Labute approximate surface area is 76.7 Å². The van der Waals surface area contributed by atoms with E-state index in [4.69, 9.17) is 5.11 Å². The van der Waals surface area contributed by atoms with Gasteiger partial charge in [-0.2, -0.15) is 0 Å². The molecule has 2 aromatic rings. The Hall–Kier alpha value is -1.90. The normalized spacial score (nSPS) is 8.31. The second-order valence-electron chi connectivity index (χ2n) is 2.23. The first kappa shape index (κ1) is 9.19. The molecule has 3 nitrogen and oxygen atoms in total. The molecule has 2 rings (SSSR count). The Morgan fingerprint density at radius 2 is 1.23 bits per heavy atom. The first-order chi connectivity index (χ1) is 6.39. The summed E-state index contributed by atoms with van der Waals surface area (Å²) in [7, 11) is 0. The van der Waals surface area contributed by atoms with E-state index in [0.717, 1.165) is 0 Å². The maximum atomic E-state index is 8.63. The number of phenolic OH excluding ortho intramolecular Hbond substituents is 1. The highest BCUT2D eigenvalue weighted by atomic mass is 16.3. The lowest BCUT2D eigenvalue weighted by Gasteiger charge is -1.82. The molecule has 0 aliphatic rings. The van der Waals surface area contributed by atoms with Crippen LogP contribution in [0.15, 0.2) is 55.1 Å². The van der Waals surface area contributed by atoms with Crippen LogP contribution in [0.5, 0.6) is 5.75 Å². The van der Waals surface area contributed by atoms with Gasteiger partial charge in [0.25, 0.3) is 0 Å². The Morgan fingerprint density at radius 1 is 0.769 bits per heavy atom. The lowest BCUT2D eigenvalue weighted by molar-refractivity contribution is 0.475. The van der Waals surface area contributed by atoms with Gasteiger partial charge < -0.3 is 5.11 Å². The van der Waals surface area contributed by atoms with Crippen LogP contribution in [-0.4, -0.2) is 15.1 Å². The van der Waals surface area contributed by atoms with Crippen LogP contribution in [0, 0.1) is 0 Å². The van der Waals surface area contributed by atoms with Crippen molar-refractivity contribution in [3.63, 3.8) is 0 Å². The number of rotatable bonds is 0. The first-order valence-corrected chi connectivity index (χ1v) is 3.83. The quantitative estimate of drug-likeness (QED) is 0.663. The molecule has 66 valence electrons. The second kappa shape index (κ2) is 5.71. The molecular formula is C10H10N2O. The number of phenols is 1. The number of nitrogens with zero attached hydrogens (tertiary/aromatic N) is 2. The Balaban J connectivity index is 0.000000132. The van der Waals surface area contributed by atoms with Gasteiger partial charge in [0.2, 0.25) is 0 Å². The highest BCUT2D eigenvalue weighted by molar-refractivity contribution is 5.18. The van der Waals surface area contributed by atoms with Crippen molar-refractivity contribution in [2.45, 2.75) is 0 Å². The van der Waals surface area contributed by atoms with Crippen LogP contribution >= 0.6 is 0 Å². The Kier molecular flexibility index (Phi) is 4.04. The largest absolute Gasteiger partial charge is 0.508 e. The number of benzene rings is 1. The Bertz CT molecular complexity index is 283. The molecule has 0 unspecified atom stereocenters. The van der Waals surface area contributed by atoms with Crippen molar-refractivity contribution >= 4 is 0 Å². The summed E-state index contributed by atoms with van der Waals surface area (Å²) in [6.45, 7) is 0. The number of hydrogen-bond donors (Lipinski definition) is 1. The third kappa shape index (κ3) is 4.53. The Morgan fingerprint density at radius 3 is 1.46 bits per heavy atom. The molecule has 13 heavy (non-hydrogen) atoms. The van der Waals surface area contributed by atoms with Gasteiger partial charge in [0.05, 0.1) is 0 Å². The topological polar surface area (TPSA) is 46.0 Å². The third-order valence-corrected chi connectivity index (χ3v) is 1.23. The molecule has 0 amide bonds. The fourth-order valence-electron chi connectivity index (χ4n) is 0.681. The van der Waals surface area contributed by atoms with Crippen LogP contribution in [0.4, 0.5) is 0 Å². The van der Waals surface area contributed by atoms with Gasteiger partial charge in [0.1, 0.15) is 5.75 Å². The van der Waals surface area contributed by atoms with Crippen molar-refractivity contribution in [1.82, 2.24) is 9.97 Å². The summed E-state index contributed by atoms with van der Waals surface area (Å²) in [5.41, 5.74) is 0. The SMILES string of the molecule is Oc1ccccc1.c1cnccn1. The van der Waals surface area contributed by atoms with E-state index < -0.39 is 0 Å². The van der Waals surface area contributed by atoms with E-state index >= 15 is 0 Å². The van der Waals surface area contributed by atoms with Crippen molar-refractivity contribution < 1.29 is 5.11 Å². The van der Waals surface area contributed by atoms with Crippen LogP contribution in [-0.2, 0) is 0 Å². The molecule has 0 bridgehead atoms. The molecule has 1 N–H and O–H groups in total. The molecule has 0 spiro atoms. The molecule has 0 saturated heterocycles. The zero-order valence-corrected chi connectivity index (χ0v) is 7.04. The molecule has 0 aliphatic carbocycles. The molecule has 1 aromatic heterocycles. The van der Waals surface area contributed by atoms with Crippen LogP contribution in [0.2, 0.25) is 0 Å². The van der Waals surface area contributed by atoms with Gasteiger partial charge in [-0.25, -0.2) is 0 Å². The zero-order valence-electron chi connectivity index (χ0n) is 7.04. The van der Waals surface area contributed by atoms with Crippen LogP contribution in [0.3, 0.4) is 0 Å². The fourth-order valence-corrected chi connectivity index (χ4v) is 0.681. The summed E-state index contributed by atoms with van der Waals surface area (Å²) < 4.78 is 0. The van der Waals surface area contributed by atoms with E-state index in [1.807, 2.05) is 6.07 Å². The molecule has 1 aromatic carbocycles.